The summed E-state index contributed by atoms with van der Waals surface area (Å²) in [6.45, 7) is 2.69. The van der Waals surface area contributed by atoms with Crippen molar-refractivity contribution >= 4 is 56.9 Å². The lowest BCUT2D eigenvalue weighted by molar-refractivity contribution is -0.468. The molecule has 0 N–H and O–H groups in total. The summed E-state index contributed by atoms with van der Waals surface area (Å²) < 4.78 is 3.88. The SMILES string of the molecule is CCCn1c(=O)c2ccccc2[n+]2c(-c3ccc([N+](=O)[O-])cc3)csc12.I. The number of benzene rings is 2. The van der Waals surface area contributed by atoms with Gasteiger partial charge in [0, 0.05) is 23.1 Å². The van der Waals surface area contributed by atoms with E-state index >= 15 is 0 Å². The Morgan fingerprint density at radius 1 is 1.15 bits per heavy atom. The number of hydrogen-bond acceptors (Lipinski definition) is 4. The van der Waals surface area contributed by atoms with E-state index in [2.05, 4.69) is 4.40 Å². The molecular formula is C19H17IN3O3S+. The van der Waals surface area contributed by atoms with E-state index in [0.29, 0.717) is 11.9 Å². The third-order valence-corrected chi connectivity index (χ3v) is 5.34. The van der Waals surface area contributed by atoms with Crippen LogP contribution in [0.5, 0.6) is 0 Å². The van der Waals surface area contributed by atoms with Crippen molar-refractivity contribution < 1.29 is 9.32 Å². The highest BCUT2D eigenvalue weighted by molar-refractivity contribution is 14.0. The van der Waals surface area contributed by atoms with Crippen molar-refractivity contribution in [1.29, 1.82) is 0 Å². The molecule has 138 valence electrons. The average molecular weight is 494 g/mol. The monoisotopic (exact) mass is 494 g/mol. The molecule has 0 aliphatic rings. The number of nitro benzene ring substituents is 1. The summed E-state index contributed by atoms with van der Waals surface area (Å²) >= 11 is 1.51. The van der Waals surface area contributed by atoms with Crippen LogP contribution in [-0.4, -0.2) is 9.49 Å². The lowest BCUT2D eigenvalue weighted by Crippen LogP contribution is -2.34. The van der Waals surface area contributed by atoms with E-state index in [9.17, 15) is 14.9 Å². The van der Waals surface area contributed by atoms with Gasteiger partial charge < -0.3 is 0 Å². The molecule has 0 aliphatic carbocycles. The predicted octanol–water partition coefficient (Wildman–Crippen LogP) is 4.40. The fourth-order valence-corrected chi connectivity index (χ4v) is 4.25. The van der Waals surface area contributed by atoms with E-state index in [1.165, 1.54) is 23.5 Å². The van der Waals surface area contributed by atoms with Crippen LogP contribution in [0.15, 0.2) is 58.7 Å². The topological polar surface area (TPSA) is 69.2 Å². The summed E-state index contributed by atoms with van der Waals surface area (Å²) in [5, 5.41) is 13.6. The summed E-state index contributed by atoms with van der Waals surface area (Å²) in [5.74, 6) is 0. The minimum absolute atomic E-state index is 0. The zero-order valence-corrected chi connectivity index (χ0v) is 17.6. The highest BCUT2D eigenvalue weighted by Crippen LogP contribution is 2.25. The molecule has 0 bridgehead atoms. The van der Waals surface area contributed by atoms with Crippen LogP contribution in [-0.2, 0) is 6.54 Å². The van der Waals surface area contributed by atoms with Gasteiger partial charge in [-0.25, -0.2) is 4.79 Å². The summed E-state index contributed by atoms with van der Waals surface area (Å²) in [4.78, 5) is 24.2. The van der Waals surface area contributed by atoms with Gasteiger partial charge in [0.05, 0.1) is 11.5 Å². The molecule has 0 saturated heterocycles. The first kappa shape index (κ1) is 19.4. The molecule has 4 rings (SSSR count). The van der Waals surface area contributed by atoms with Crippen LogP contribution in [0.2, 0.25) is 0 Å². The molecule has 0 aliphatic heterocycles. The van der Waals surface area contributed by atoms with E-state index in [1.807, 2.05) is 41.1 Å². The van der Waals surface area contributed by atoms with E-state index in [-0.39, 0.29) is 35.2 Å². The molecule has 0 amide bonds. The highest BCUT2D eigenvalue weighted by Gasteiger charge is 2.23. The maximum atomic E-state index is 12.9. The van der Waals surface area contributed by atoms with Crippen molar-refractivity contribution in [1.82, 2.24) is 4.57 Å². The molecule has 0 spiro atoms. The van der Waals surface area contributed by atoms with Gasteiger partial charge in [-0.2, -0.15) is 8.97 Å². The first-order chi connectivity index (χ1) is 12.6. The van der Waals surface area contributed by atoms with E-state index < -0.39 is 4.92 Å². The van der Waals surface area contributed by atoms with Gasteiger partial charge in [0.15, 0.2) is 5.69 Å². The van der Waals surface area contributed by atoms with Crippen molar-refractivity contribution in [3.8, 4) is 11.3 Å². The summed E-state index contributed by atoms with van der Waals surface area (Å²) in [6, 6.07) is 14.1. The van der Waals surface area contributed by atoms with Gasteiger partial charge in [-0.05, 0) is 30.7 Å². The molecule has 2 heterocycles. The Bertz CT molecular complexity index is 1200. The van der Waals surface area contributed by atoms with Crippen molar-refractivity contribution in [2.45, 2.75) is 19.9 Å². The Morgan fingerprint density at radius 2 is 1.85 bits per heavy atom. The van der Waals surface area contributed by atoms with Crippen LogP contribution in [0, 0.1) is 10.1 Å². The number of para-hydroxylation sites is 1. The lowest BCUT2D eigenvalue weighted by Gasteiger charge is -2.04. The van der Waals surface area contributed by atoms with Crippen molar-refractivity contribution in [3.05, 3.63) is 74.4 Å². The van der Waals surface area contributed by atoms with Crippen LogP contribution in [0.25, 0.3) is 27.1 Å². The lowest BCUT2D eigenvalue weighted by atomic mass is 10.1. The van der Waals surface area contributed by atoms with E-state index in [0.717, 1.165) is 28.2 Å². The summed E-state index contributed by atoms with van der Waals surface area (Å²) in [6.07, 6.45) is 0.860. The normalized spacial score (nSPS) is 10.9. The average Bonchev–Trinajstić information content (AvgIpc) is 3.10. The maximum Gasteiger partial charge on any atom is 0.349 e. The number of nitro groups is 1. The summed E-state index contributed by atoms with van der Waals surface area (Å²) in [5.41, 5.74) is 2.71. The number of thiazole rings is 1. The molecule has 8 heteroatoms. The number of halogens is 1. The molecule has 0 saturated carbocycles. The molecule has 6 nitrogen and oxygen atoms in total. The first-order valence-electron chi connectivity index (χ1n) is 8.31. The van der Waals surface area contributed by atoms with Crippen molar-refractivity contribution in [2.24, 2.45) is 0 Å². The quantitative estimate of drug-likeness (QED) is 0.183. The molecule has 2 aromatic heterocycles. The van der Waals surface area contributed by atoms with Crippen molar-refractivity contribution in [3.63, 3.8) is 0 Å². The van der Waals surface area contributed by atoms with Crippen LogP contribution in [0.1, 0.15) is 13.3 Å². The fourth-order valence-electron chi connectivity index (χ4n) is 3.19. The number of rotatable bonds is 4. The zero-order valence-electron chi connectivity index (χ0n) is 14.5. The number of aryl methyl sites for hydroxylation is 1. The van der Waals surface area contributed by atoms with Gasteiger partial charge in [0.2, 0.25) is 0 Å². The molecule has 0 unspecified atom stereocenters. The van der Waals surface area contributed by atoms with Gasteiger partial charge in [0.25, 0.3) is 5.69 Å². The third-order valence-electron chi connectivity index (χ3n) is 4.38. The zero-order chi connectivity index (χ0) is 18.3. The number of fused-ring (bicyclic) bond motifs is 3. The second-order valence-corrected chi connectivity index (χ2v) is 6.85. The van der Waals surface area contributed by atoms with Crippen LogP contribution in [0.4, 0.5) is 5.69 Å². The first-order valence-corrected chi connectivity index (χ1v) is 9.19. The Kier molecular flexibility index (Phi) is 5.56. The molecular weight excluding hydrogens is 477 g/mol. The summed E-state index contributed by atoms with van der Waals surface area (Å²) in [7, 11) is 0. The Labute approximate surface area is 175 Å². The molecule has 0 fully saturated rings. The molecule has 27 heavy (non-hydrogen) atoms. The smallest absolute Gasteiger partial charge is 0.258 e. The fraction of sp³-hybridized carbons (Fsp3) is 0.158. The Balaban J connectivity index is 0.00000210. The molecule has 0 radical (unpaired) electrons. The van der Waals surface area contributed by atoms with Crippen molar-refractivity contribution in [2.75, 3.05) is 0 Å². The predicted molar refractivity (Wildman–Crippen MR) is 117 cm³/mol. The molecule has 2 aromatic carbocycles. The third kappa shape index (κ3) is 3.23. The van der Waals surface area contributed by atoms with E-state index in [1.54, 1.807) is 12.1 Å². The van der Waals surface area contributed by atoms with Gasteiger partial charge in [-0.3, -0.25) is 10.1 Å². The maximum absolute atomic E-state index is 12.9. The number of nitrogens with zero attached hydrogens (tertiary/aromatic N) is 3. The van der Waals surface area contributed by atoms with Crippen LogP contribution >= 0.6 is 35.3 Å². The highest BCUT2D eigenvalue weighted by atomic mass is 127. The van der Waals surface area contributed by atoms with E-state index in [4.69, 9.17) is 0 Å². The van der Waals surface area contributed by atoms with Gasteiger partial charge in [0.1, 0.15) is 10.9 Å². The minimum atomic E-state index is -0.406. The number of hydrogen-bond donors (Lipinski definition) is 0. The number of non-ortho nitro benzene ring substituents is 1. The largest absolute Gasteiger partial charge is 0.349 e. The second kappa shape index (κ2) is 7.73. The second-order valence-electron chi connectivity index (χ2n) is 6.02. The Morgan fingerprint density at radius 3 is 2.52 bits per heavy atom. The van der Waals surface area contributed by atoms with Crippen LogP contribution in [0.3, 0.4) is 0 Å². The van der Waals surface area contributed by atoms with Gasteiger partial charge in [-0.15, -0.1) is 24.0 Å². The number of aromatic nitrogens is 2. The van der Waals surface area contributed by atoms with Crippen LogP contribution < -0.4 is 9.96 Å². The molecule has 4 aromatic rings. The minimum Gasteiger partial charge on any atom is -0.258 e. The molecule has 0 atom stereocenters. The van der Waals surface area contributed by atoms with Gasteiger partial charge >= 0.3 is 10.5 Å². The van der Waals surface area contributed by atoms with Gasteiger partial charge in [-0.1, -0.05) is 30.4 Å². The Hall–Kier alpha value is -2.33. The standard InChI is InChI=1S/C19H16N3O3S.HI/c1-2-11-20-18(23)15-5-3-4-6-16(15)21-17(12-26-19(20)21)13-7-9-14(10-8-13)22(24)25;/h3-10,12H,2,11H2,1H3;1H/q+1;.